The summed E-state index contributed by atoms with van der Waals surface area (Å²) in [4.78, 5) is 22.0. The lowest BCUT2D eigenvalue weighted by Gasteiger charge is -2.13. The zero-order valence-electron chi connectivity index (χ0n) is 8.87. The molecule has 0 radical (unpaired) electrons. The Morgan fingerprint density at radius 2 is 1.93 bits per heavy atom. The molecule has 0 aromatic heterocycles. The number of hydrogen-bond acceptors (Lipinski definition) is 4. The van der Waals surface area contributed by atoms with E-state index in [1.807, 2.05) is 0 Å². The van der Waals surface area contributed by atoms with Crippen LogP contribution in [-0.2, 0) is 14.3 Å². The van der Waals surface area contributed by atoms with Crippen molar-refractivity contribution in [3.8, 4) is 0 Å². The molecular weight excluding hydrogens is 184 g/mol. The summed E-state index contributed by atoms with van der Waals surface area (Å²) in [6, 6.07) is -0.381. The average Bonchev–Trinajstić information content (AvgIpc) is 2.01. The Kier molecular flexibility index (Phi) is 5.87. The van der Waals surface area contributed by atoms with E-state index < -0.39 is 0 Å². The first-order valence-corrected chi connectivity index (χ1v) is 4.57. The van der Waals surface area contributed by atoms with Gasteiger partial charge in [0.05, 0.1) is 13.5 Å². The quantitative estimate of drug-likeness (QED) is 0.604. The minimum absolute atomic E-state index is 0.142. The molecule has 0 aliphatic carbocycles. The summed E-state index contributed by atoms with van der Waals surface area (Å²) in [5.41, 5.74) is 5.44. The highest BCUT2D eigenvalue weighted by atomic mass is 16.5. The van der Waals surface area contributed by atoms with Crippen LogP contribution in [0.3, 0.4) is 0 Å². The summed E-state index contributed by atoms with van der Waals surface area (Å²) in [6.45, 7) is 3.50. The van der Waals surface area contributed by atoms with Crippen LogP contribution in [0.15, 0.2) is 0 Å². The molecule has 5 heteroatoms. The van der Waals surface area contributed by atoms with Crippen LogP contribution < -0.4 is 11.1 Å². The van der Waals surface area contributed by atoms with Crippen molar-refractivity contribution in [2.24, 2.45) is 5.73 Å². The minimum Gasteiger partial charge on any atom is -0.469 e. The number of ether oxygens (including phenoxy) is 1. The van der Waals surface area contributed by atoms with Crippen LogP contribution in [0.4, 0.5) is 0 Å². The molecule has 0 spiro atoms. The highest BCUT2D eigenvalue weighted by Crippen LogP contribution is 1.94. The molecule has 1 amide bonds. The predicted molar refractivity (Wildman–Crippen MR) is 52.5 cm³/mol. The molecule has 0 bridgehead atoms. The van der Waals surface area contributed by atoms with E-state index in [0.29, 0.717) is 0 Å². The maximum atomic E-state index is 11.2. The second-order valence-electron chi connectivity index (χ2n) is 3.43. The van der Waals surface area contributed by atoms with Gasteiger partial charge in [-0.25, -0.2) is 0 Å². The second kappa shape index (κ2) is 6.37. The van der Waals surface area contributed by atoms with Gasteiger partial charge in [0, 0.05) is 18.5 Å². The molecule has 0 saturated heterocycles. The van der Waals surface area contributed by atoms with Crippen molar-refractivity contribution in [1.82, 2.24) is 5.32 Å². The number of amides is 1. The predicted octanol–water partition coefficient (Wildman–Crippen LogP) is -0.208. The number of esters is 1. The van der Waals surface area contributed by atoms with E-state index in [1.54, 1.807) is 13.8 Å². The molecule has 3 N–H and O–H groups in total. The third-order valence-electron chi connectivity index (χ3n) is 1.62. The topological polar surface area (TPSA) is 81.4 Å². The van der Waals surface area contributed by atoms with Gasteiger partial charge in [-0.05, 0) is 13.8 Å². The van der Waals surface area contributed by atoms with Crippen LogP contribution >= 0.6 is 0 Å². The van der Waals surface area contributed by atoms with Gasteiger partial charge < -0.3 is 15.8 Å². The first-order chi connectivity index (χ1) is 6.45. The van der Waals surface area contributed by atoms with E-state index in [4.69, 9.17) is 5.73 Å². The number of carbonyl (C=O) groups is 2. The van der Waals surface area contributed by atoms with Crippen molar-refractivity contribution in [3.05, 3.63) is 0 Å². The molecule has 2 unspecified atom stereocenters. The summed E-state index contributed by atoms with van der Waals surface area (Å²) >= 11 is 0. The number of carbonyl (C=O) groups excluding carboxylic acids is 2. The van der Waals surface area contributed by atoms with Gasteiger partial charge in [-0.1, -0.05) is 0 Å². The van der Waals surface area contributed by atoms with Crippen LogP contribution in [0.25, 0.3) is 0 Å². The van der Waals surface area contributed by atoms with E-state index in [-0.39, 0.29) is 36.8 Å². The number of nitrogens with two attached hydrogens (primary N) is 1. The second-order valence-corrected chi connectivity index (χ2v) is 3.43. The Labute approximate surface area is 84.0 Å². The molecular formula is C9H18N2O3. The van der Waals surface area contributed by atoms with Crippen LogP contribution in [0.1, 0.15) is 26.7 Å². The third kappa shape index (κ3) is 6.42. The molecule has 82 valence electrons. The number of methoxy groups -OCH3 is 1. The summed E-state index contributed by atoms with van der Waals surface area (Å²) < 4.78 is 4.47. The lowest BCUT2D eigenvalue weighted by Crippen LogP contribution is -2.37. The molecule has 0 aromatic rings. The van der Waals surface area contributed by atoms with Crippen molar-refractivity contribution < 1.29 is 14.3 Å². The summed E-state index contributed by atoms with van der Waals surface area (Å²) in [6.07, 6.45) is 0.451. The van der Waals surface area contributed by atoms with Gasteiger partial charge in [0.1, 0.15) is 0 Å². The SMILES string of the molecule is COC(=O)CC(C)NC(=O)CC(C)N. The molecule has 2 atom stereocenters. The molecule has 0 aliphatic rings. The summed E-state index contributed by atoms with van der Waals surface area (Å²) in [7, 11) is 1.32. The number of rotatable bonds is 5. The zero-order chi connectivity index (χ0) is 11.1. The molecule has 0 fully saturated rings. The van der Waals surface area contributed by atoms with Gasteiger partial charge in [-0.15, -0.1) is 0 Å². The number of nitrogens with one attached hydrogen (secondary N) is 1. The van der Waals surface area contributed by atoms with E-state index in [1.165, 1.54) is 7.11 Å². The molecule has 5 nitrogen and oxygen atoms in total. The van der Waals surface area contributed by atoms with Crippen molar-refractivity contribution in [2.45, 2.75) is 38.8 Å². The minimum atomic E-state index is -0.335. The van der Waals surface area contributed by atoms with Crippen molar-refractivity contribution >= 4 is 11.9 Å². The normalized spacial score (nSPS) is 14.3. The molecule has 14 heavy (non-hydrogen) atoms. The van der Waals surface area contributed by atoms with Crippen LogP contribution in [0, 0.1) is 0 Å². The zero-order valence-corrected chi connectivity index (χ0v) is 8.87. The van der Waals surface area contributed by atoms with Gasteiger partial charge in [0.25, 0.3) is 0 Å². The fraction of sp³-hybridized carbons (Fsp3) is 0.778. The van der Waals surface area contributed by atoms with E-state index >= 15 is 0 Å². The van der Waals surface area contributed by atoms with Crippen LogP contribution in [0.5, 0.6) is 0 Å². The highest BCUT2D eigenvalue weighted by Gasteiger charge is 2.12. The number of hydrogen-bond donors (Lipinski definition) is 2. The molecule has 0 heterocycles. The Morgan fingerprint density at radius 1 is 1.36 bits per heavy atom. The van der Waals surface area contributed by atoms with Gasteiger partial charge in [0.15, 0.2) is 0 Å². The highest BCUT2D eigenvalue weighted by molar-refractivity contribution is 5.78. The Bertz CT molecular complexity index is 204. The summed E-state index contributed by atoms with van der Waals surface area (Å²) in [5.74, 6) is -0.477. The molecule has 0 rings (SSSR count). The smallest absolute Gasteiger partial charge is 0.307 e. The molecule has 0 aliphatic heterocycles. The maximum Gasteiger partial charge on any atom is 0.307 e. The molecule has 0 aromatic carbocycles. The average molecular weight is 202 g/mol. The van der Waals surface area contributed by atoms with Crippen molar-refractivity contribution in [3.63, 3.8) is 0 Å². The standard InChI is InChI=1S/C9H18N2O3/c1-6(10)4-8(12)11-7(2)5-9(13)14-3/h6-7H,4-5,10H2,1-3H3,(H,11,12). The Balaban J connectivity index is 3.76. The van der Waals surface area contributed by atoms with Crippen LogP contribution in [-0.4, -0.2) is 31.1 Å². The van der Waals surface area contributed by atoms with Gasteiger partial charge >= 0.3 is 5.97 Å². The largest absolute Gasteiger partial charge is 0.469 e. The Morgan fingerprint density at radius 3 is 2.36 bits per heavy atom. The van der Waals surface area contributed by atoms with Gasteiger partial charge in [-0.3, -0.25) is 9.59 Å². The lowest BCUT2D eigenvalue weighted by atomic mass is 10.2. The lowest BCUT2D eigenvalue weighted by molar-refractivity contribution is -0.141. The third-order valence-corrected chi connectivity index (χ3v) is 1.62. The maximum absolute atomic E-state index is 11.2. The fourth-order valence-electron chi connectivity index (χ4n) is 1.01. The fourth-order valence-corrected chi connectivity index (χ4v) is 1.01. The summed E-state index contributed by atoms with van der Waals surface area (Å²) in [5, 5.41) is 2.66. The van der Waals surface area contributed by atoms with Gasteiger partial charge in [0.2, 0.25) is 5.91 Å². The van der Waals surface area contributed by atoms with Crippen molar-refractivity contribution in [2.75, 3.05) is 7.11 Å². The van der Waals surface area contributed by atoms with E-state index in [2.05, 4.69) is 10.1 Å². The van der Waals surface area contributed by atoms with E-state index in [9.17, 15) is 9.59 Å². The van der Waals surface area contributed by atoms with Gasteiger partial charge in [-0.2, -0.15) is 0 Å². The molecule has 0 saturated carbocycles. The van der Waals surface area contributed by atoms with Crippen LogP contribution in [0.2, 0.25) is 0 Å². The van der Waals surface area contributed by atoms with Crippen molar-refractivity contribution in [1.29, 1.82) is 0 Å². The van der Waals surface area contributed by atoms with E-state index in [0.717, 1.165) is 0 Å². The first-order valence-electron chi connectivity index (χ1n) is 4.57. The monoisotopic (exact) mass is 202 g/mol. The Hall–Kier alpha value is -1.10. The first kappa shape index (κ1) is 12.9.